The number of hydrogen-bond donors (Lipinski definition) is 2. The van der Waals surface area contributed by atoms with E-state index in [0.717, 1.165) is 19.3 Å². The second-order valence-corrected chi connectivity index (χ2v) is 8.24. The lowest BCUT2D eigenvalue weighted by Gasteiger charge is -2.44. The van der Waals surface area contributed by atoms with Crippen LogP contribution in [0.1, 0.15) is 66.7 Å². The molecule has 0 radical (unpaired) electrons. The van der Waals surface area contributed by atoms with Gasteiger partial charge in [0.25, 0.3) is 0 Å². The molecule has 8 nitrogen and oxygen atoms in total. The number of rotatable bonds is 7. The van der Waals surface area contributed by atoms with E-state index in [-0.39, 0.29) is 29.7 Å². The number of aliphatic imine (C=N–C) groups is 2. The third-order valence-corrected chi connectivity index (χ3v) is 5.21. The van der Waals surface area contributed by atoms with Gasteiger partial charge >= 0.3 is 11.9 Å². The van der Waals surface area contributed by atoms with Crippen LogP contribution in [0.3, 0.4) is 0 Å². The van der Waals surface area contributed by atoms with Crippen LogP contribution in [0.2, 0.25) is 0 Å². The predicted octanol–water partition coefficient (Wildman–Crippen LogP) is 3.21. The summed E-state index contributed by atoms with van der Waals surface area (Å²) in [6.07, 6.45) is 6.12. The highest BCUT2D eigenvalue weighted by molar-refractivity contribution is 5.98. The van der Waals surface area contributed by atoms with Crippen LogP contribution in [-0.4, -0.2) is 46.9 Å². The molecule has 8 heteroatoms. The number of isocyanates is 2. The van der Waals surface area contributed by atoms with Crippen molar-refractivity contribution in [1.82, 2.24) is 0 Å². The number of aliphatic carboxylic acids is 2. The van der Waals surface area contributed by atoms with Gasteiger partial charge in [-0.05, 0) is 42.9 Å². The van der Waals surface area contributed by atoms with Crippen molar-refractivity contribution in [3.63, 3.8) is 0 Å². The van der Waals surface area contributed by atoms with Crippen molar-refractivity contribution < 1.29 is 29.4 Å². The van der Waals surface area contributed by atoms with Gasteiger partial charge in [-0.15, -0.1) is 0 Å². The number of nitrogens with zero attached hydrogens (tertiary/aromatic N) is 2. The summed E-state index contributed by atoms with van der Waals surface area (Å²) in [5.41, 5.74) is -1.53. The fraction of sp³-hybridized carbons (Fsp3) is 0.789. The summed E-state index contributed by atoms with van der Waals surface area (Å²) in [5, 5.41) is 17.2. The third kappa shape index (κ3) is 7.08. The second kappa shape index (κ2) is 10.1. The summed E-state index contributed by atoms with van der Waals surface area (Å²) in [5.74, 6) is -2.51. The van der Waals surface area contributed by atoms with E-state index in [0.29, 0.717) is 6.54 Å². The first-order valence-electron chi connectivity index (χ1n) is 8.99. The zero-order chi connectivity index (χ0) is 21.3. The molecule has 0 bridgehead atoms. The average Bonchev–Trinajstić information content (AvgIpc) is 2.53. The summed E-state index contributed by atoms with van der Waals surface area (Å²) in [6.45, 7) is 9.98. The van der Waals surface area contributed by atoms with Gasteiger partial charge in [-0.25, -0.2) is 19.6 Å². The van der Waals surface area contributed by atoms with Crippen molar-refractivity contribution >= 4 is 24.1 Å². The van der Waals surface area contributed by atoms with E-state index in [9.17, 15) is 19.2 Å². The zero-order valence-corrected chi connectivity index (χ0v) is 16.7. The Hall–Kier alpha value is -2.30. The molecule has 0 amide bonds. The predicted molar refractivity (Wildman–Crippen MR) is 98.9 cm³/mol. The number of carboxylic acid groups (broad SMARTS) is 2. The monoisotopic (exact) mass is 382 g/mol. The van der Waals surface area contributed by atoms with Gasteiger partial charge in [0, 0.05) is 0 Å². The van der Waals surface area contributed by atoms with Crippen LogP contribution in [0.15, 0.2) is 9.98 Å². The van der Waals surface area contributed by atoms with E-state index < -0.39 is 17.4 Å². The maximum Gasteiger partial charge on any atom is 0.321 e. The molecule has 0 heterocycles. The molecule has 2 atom stereocenters. The van der Waals surface area contributed by atoms with E-state index in [4.69, 9.17) is 10.2 Å². The summed E-state index contributed by atoms with van der Waals surface area (Å²) in [7, 11) is 0. The lowest BCUT2D eigenvalue weighted by molar-refractivity contribution is -0.165. The Balaban J connectivity index is 0.000000541. The van der Waals surface area contributed by atoms with Gasteiger partial charge < -0.3 is 10.2 Å². The number of hydrogen-bond acceptors (Lipinski definition) is 6. The molecule has 1 fully saturated rings. The standard InChI is InChI=1S/C12H18N2O2.C7H12O4/c1-11(2)4-10(14-9-16)5-12(3,6-11)7-13-8-15;1-3-7(4-2,5(8)9)6(10)11/h10H,4-7H2,1-3H3;3-4H2,1-2H3,(H,8,9)(H,10,11). The van der Waals surface area contributed by atoms with E-state index >= 15 is 0 Å². The second-order valence-electron chi connectivity index (χ2n) is 8.24. The molecule has 0 saturated heterocycles. The highest BCUT2D eigenvalue weighted by atomic mass is 16.4. The summed E-state index contributed by atoms with van der Waals surface area (Å²) < 4.78 is 0. The molecule has 1 saturated carbocycles. The lowest BCUT2D eigenvalue weighted by Crippen LogP contribution is -2.39. The van der Waals surface area contributed by atoms with Crippen molar-refractivity contribution in [2.45, 2.75) is 72.8 Å². The Morgan fingerprint density at radius 1 is 1.04 bits per heavy atom. The first-order chi connectivity index (χ1) is 12.4. The SMILES string of the molecule is CC1(C)CC(N=C=O)CC(C)(CN=C=O)C1.CCC(CC)(C(=O)O)C(=O)O. The number of carbonyl (C=O) groups is 2. The molecule has 1 aliphatic rings. The highest BCUT2D eigenvalue weighted by Crippen LogP contribution is 2.47. The molecule has 27 heavy (non-hydrogen) atoms. The average molecular weight is 382 g/mol. The Bertz CT molecular complexity index is 612. The van der Waals surface area contributed by atoms with Crippen LogP contribution >= 0.6 is 0 Å². The van der Waals surface area contributed by atoms with Crippen molar-refractivity contribution in [2.24, 2.45) is 26.2 Å². The van der Waals surface area contributed by atoms with Crippen LogP contribution < -0.4 is 0 Å². The van der Waals surface area contributed by atoms with Gasteiger partial charge in [-0.1, -0.05) is 34.6 Å². The number of carboxylic acids is 2. The molecule has 0 aliphatic heterocycles. The third-order valence-electron chi connectivity index (χ3n) is 5.21. The molecule has 0 spiro atoms. The maximum absolute atomic E-state index is 10.5. The van der Waals surface area contributed by atoms with Crippen LogP contribution in [0.4, 0.5) is 0 Å². The number of carbonyl (C=O) groups excluding carboxylic acids is 2. The zero-order valence-electron chi connectivity index (χ0n) is 16.7. The minimum Gasteiger partial charge on any atom is -0.480 e. The summed E-state index contributed by atoms with van der Waals surface area (Å²) in [6, 6.07) is 0.00750. The summed E-state index contributed by atoms with van der Waals surface area (Å²) in [4.78, 5) is 49.1. The topological polar surface area (TPSA) is 133 Å². The largest absolute Gasteiger partial charge is 0.480 e. The Labute approximate surface area is 159 Å². The lowest BCUT2D eigenvalue weighted by atomic mass is 9.63. The molecule has 1 rings (SSSR count). The summed E-state index contributed by atoms with van der Waals surface area (Å²) >= 11 is 0. The van der Waals surface area contributed by atoms with Gasteiger partial charge in [-0.3, -0.25) is 9.59 Å². The van der Waals surface area contributed by atoms with Gasteiger partial charge in [0.15, 0.2) is 5.41 Å². The Morgan fingerprint density at radius 3 is 1.89 bits per heavy atom. The van der Waals surface area contributed by atoms with Crippen molar-refractivity contribution in [1.29, 1.82) is 0 Å². The van der Waals surface area contributed by atoms with Gasteiger partial charge in [0.2, 0.25) is 12.2 Å². The minimum atomic E-state index is -1.58. The van der Waals surface area contributed by atoms with Crippen LogP contribution in [-0.2, 0) is 19.2 Å². The van der Waals surface area contributed by atoms with Crippen molar-refractivity contribution in [3.8, 4) is 0 Å². The van der Waals surface area contributed by atoms with Gasteiger partial charge in [0.05, 0.1) is 12.6 Å². The Morgan fingerprint density at radius 2 is 1.56 bits per heavy atom. The first-order valence-corrected chi connectivity index (χ1v) is 8.99. The quantitative estimate of drug-likeness (QED) is 0.394. The van der Waals surface area contributed by atoms with E-state index in [2.05, 4.69) is 30.8 Å². The fourth-order valence-corrected chi connectivity index (χ4v) is 4.03. The molecule has 0 aromatic heterocycles. The molecule has 152 valence electrons. The molecule has 2 unspecified atom stereocenters. The Kier molecular flexibility index (Phi) is 9.28. The van der Waals surface area contributed by atoms with E-state index in [1.54, 1.807) is 26.0 Å². The molecule has 1 aliphatic carbocycles. The smallest absolute Gasteiger partial charge is 0.321 e. The van der Waals surface area contributed by atoms with Gasteiger partial charge in [0.1, 0.15) is 0 Å². The first kappa shape index (κ1) is 24.7. The molecule has 2 N–H and O–H groups in total. The maximum atomic E-state index is 10.5. The van der Waals surface area contributed by atoms with Crippen LogP contribution in [0, 0.1) is 16.2 Å². The molecular weight excluding hydrogens is 352 g/mol. The van der Waals surface area contributed by atoms with E-state index in [1.807, 2.05) is 0 Å². The highest BCUT2D eigenvalue weighted by Gasteiger charge is 2.43. The van der Waals surface area contributed by atoms with Gasteiger partial charge in [-0.2, -0.15) is 0 Å². The molecule has 0 aromatic carbocycles. The normalized spacial score (nSPS) is 23.7. The van der Waals surface area contributed by atoms with Crippen LogP contribution in [0.5, 0.6) is 0 Å². The van der Waals surface area contributed by atoms with Crippen molar-refractivity contribution in [3.05, 3.63) is 0 Å². The van der Waals surface area contributed by atoms with E-state index in [1.165, 1.54) is 0 Å². The fourth-order valence-electron chi connectivity index (χ4n) is 4.03. The molecule has 0 aromatic rings. The van der Waals surface area contributed by atoms with Crippen molar-refractivity contribution in [2.75, 3.05) is 6.54 Å². The van der Waals surface area contributed by atoms with Crippen LogP contribution in [0.25, 0.3) is 0 Å². The molecular formula is C19H30N2O6. The minimum absolute atomic E-state index is 0.00750.